The Hall–Kier alpha value is -2.24. The van der Waals surface area contributed by atoms with Crippen molar-refractivity contribution in [3.63, 3.8) is 0 Å². The predicted molar refractivity (Wildman–Crippen MR) is 70.9 cm³/mol. The van der Waals surface area contributed by atoms with Crippen molar-refractivity contribution in [3.8, 4) is 5.75 Å². The van der Waals surface area contributed by atoms with Gasteiger partial charge in [-0.25, -0.2) is 0 Å². The Bertz CT molecular complexity index is 516. The molecule has 6 heteroatoms. The van der Waals surface area contributed by atoms with Crippen LogP contribution in [0.5, 0.6) is 5.75 Å². The predicted octanol–water partition coefficient (Wildman–Crippen LogP) is 0.238. The number of nitrogens with zero attached hydrogens (tertiary/aromatic N) is 1. The zero-order chi connectivity index (χ0) is 14.0. The molecule has 1 aromatic carbocycles. The molecule has 0 bridgehead atoms. The Morgan fingerprint density at radius 1 is 1.53 bits per heavy atom. The zero-order valence-corrected chi connectivity index (χ0v) is 11.0. The van der Waals surface area contributed by atoms with Crippen molar-refractivity contribution in [1.82, 2.24) is 10.2 Å². The molecule has 1 fully saturated rings. The lowest BCUT2D eigenvalue weighted by Crippen LogP contribution is -2.55. The number of hydrogen-bond donors (Lipinski definition) is 2. The number of nitrogen functional groups attached to an aromatic ring is 1. The maximum atomic E-state index is 12.4. The summed E-state index contributed by atoms with van der Waals surface area (Å²) >= 11 is 0. The summed E-state index contributed by atoms with van der Waals surface area (Å²) in [6, 6.07) is 4.40. The first-order valence-corrected chi connectivity index (χ1v) is 6.06. The van der Waals surface area contributed by atoms with Gasteiger partial charge in [0.2, 0.25) is 5.91 Å². The molecule has 19 heavy (non-hydrogen) atoms. The number of methoxy groups -OCH3 is 1. The van der Waals surface area contributed by atoms with E-state index >= 15 is 0 Å². The molecule has 3 N–H and O–H groups in total. The molecule has 0 spiro atoms. The maximum Gasteiger partial charge on any atom is 0.254 e. The average Bonchev–Trinajstić information content (AvgIpc) is 2.41. The number of amides is 2. The first-order chi connectivity index (χ1) is 9.04. The smallest absolute Gasteiger partial charge is 0.254 e. The van der Waals surface area contributed by atoms with E-state index in [1.54, 1.807) is 30.0 Å². The Balaban J connectivity index is 2.24. The van der Waals surface area contributed by atoms with Gasteiger partial charge in [-0.3, -0.25) is 9.59 Å². The van der Waals surface area contributed by atoms with Gasteiger partial charge in [0, 0.05) is 18.7 Å². The first kappa shape index (κ1) is 13.2. The van der Waals surface area contributed by atoms with Crippen molar-refractivity contribution in [1.29, 1.82) is 0 Å². The molecule has 2 amide bonds. The third kappa shape index (κ3) is 2.47. The second-order valence-electron chi connectivity index (χ2n) is 4.42. The fourth-order valence-electron chi connectivity index (χ4n) is 2.09. The van der Waals surface area contributed by atoms with Gasteiger partial charge in [0.25, 0.3) is 5.91 Å². The van der Waals surface area contributed by atoms with Crippen molar-refractivity contribution >= 4 is 17.5 Å². The van der Waals surface area contributed by atoms with E-state index < -0.39 is 6.04 Å². The highest BCUT2D eigenvalue weighted by atomic mass is 16.5. The molecule has 1 heterocycles. The first-order valence-electron chi connectivity index (χ1n) is 6.06. The molecule has 6 nitrogen and oxygen atoms in total. The van der Waals surface area contributed by atoms with Crippen LogP contribution in [0.2, 0.25) is 0 Å². The number of ether oxygens (including phenoxy) is 1. The van der Waals surface area contributed by atoms with Crippen LogP contribution in [0.15, 0.2) is 18.2 Å². The second-order valence-corrected chi connectivity index (χ2v) is 4.42. The number of benzene rings is 1. The molecule has 0 radical (unpaired) electrons. The van der Waals surface area contributed by atoms with Crippen LogP contribution in [-0.4, -0.2) is 43.0 Å². The molecule has 1 aromatic rings. The molecule has 2 rings (SSSR count). The highest BCUT2D eigenvalue weighted by Crippen LogP contribution is 2.23. The molecule has 1 aliphatic rings. The van der Waals surface area contributed by atoms with Crippen LogP contribution in [0.25, 0.3) is 0 Å². The quantitative estimate of drug-likeness (QED) is 0.748. The van der Waals surface area contributed by atoms with Crippen LogP contribution in [0.4, 0.5) is 5.69 Å². The Morgan fingerprint density at radius 2 is 2.26 bits per heavy atom. The van der Waals surface area contributed by atoms with Crippen LogP contribution in [-0.2, 0) is 4.79 Å². The minimum atomic E-state index is -0.468. The number of carbonyl (C=O) groups is 2. The van der Waals surface area contributed by atoms with E-state index in [1.807, 2.05) is 0 Å². The number of nitrogens with one attached hydrogen (secondary N) is 1. The van der Waals surface area contributed by atoms with E-state index in [-0.39, 0.29) is 11.8 Å². The summed E-state index contributed by atoms with van der Waals surface area (Å²) in [5, 5.41) is 2.72. The molecule has 1 unspecified atom stereocenters. The van der Waals surface area contributed by atoms with Crippen molar-refractivity contribution in [2.24, 2.45) is 0 Å². The summed E-state index contributed by atoms with van der Waals surface area (Å²) < 4.78 is 5.05. The van der Waals surface area contributed by atoms with Crippen molar-refractivity contribution in [2.45, 2.75) is 13.0 Å². The third-order valence-electron chi connectivity index (χ3n) is 3.24. The minimum absolute atomic E-state index is 0.138. The molecular formula is C13H17N3O3. The lowest BCUT2D eigenvalue weighted by Gasteiger charge is -2.32. The van der Waals surface area contributed by atoms with E-state index in [4.69, 9.17) is 10.5 Å². The lowest BCUT2D eigenvalue weighted by atomic mass is 10.1. The topological polar surface area (TPSA) is 84.7 Å². The van der Waals surface area contributed by atoms with Gasteiger partial charge >= 0.3 is 0 Å². The van der Waals surface area contributed by atoms with Crippen molar-refractivity contribution in [2.75, 3.05) is 25.9 Å². The van der Waals surface area contributed by atoms with Crippen molar-refractivity contribution < 1.29 is 14.3 Å². The molecule has 0 aliphatic carbocycles. The van der Waals surface area contributed by atoms with Gasteiger partial charge in [-0.15, -0.1) is 0 Å². The monoisotopic (exact) mass is 263 g/mol. The molecule has 0 aromatic heterocycles. The third-order valence-corrected chi connectivity index (χ3v) is 3.24. The number of hydrogen-bond acceptors (Lipinski definition) is 4. The standard InChI is InChI=1S/C13H17N3O3/c1-8-12(17)15-5-6-16(8)13(18)9-3-4-11(19-2)10(14)7-9/h3-4,7-8H,5-6,14H2,1-2H3,(H,15,17). The number of nitrogens with two attached hydrogens (primary N) is 1. The van der Waals surface area contributed by atoms with E-state index in [0.717, 1.165) is 0 Å². The van der Waals surface area contributed by atoms with Crippen LogP contribution in [0.1, 0.15) is 17.3 Å². The summed E-state index contributed by atoms with van der Waals surface area (Å²) in [6.07, 6.45) is 0. The van der Waals surface area contributed by atoms with Crippen LogP contribution in [0.3, 0.4) is 0 Å². The van der Waals surface area contributed by atoms with Gasteiger partial charge in [-0.1, -0.05) is 0 Å². The summed E-state index contributed by atoms with van der Waals surface area (Å²) in [4.78, 5) is 25.5. The molecule has 1 saturated heterocycles. The van der Waals surface area contributed by atoms with Gasteiger partial charge in [0.15, 0.2) is 0 Å². The minimum Gasteiger partial charge on any atom is -0.495 e. The van der Waals surface area contributed by atoms with E-state index in [0.29, 0.717) is 30.1 Å². The second kappa shape index (κ2) is 5.17. The summed E-state index contributed by atoms with van der Waals surface area (Å²) in [5.41, 5.74) is 6.65. The zero-order valence-electron chi connectivity index (χ0n) is 11.0. The van der Waals surface area contributed by atoms with Gasteiger partial charge < -0.3 is 20.7 Å². The van der Waals surface area contributed by atoms with Crippen LogP contribution >= 0.6 is 0 Å². The van der Waals surface area contributed by atoms with Gasteiger partial charge in [-0.05, 0) is 25.1 Å². The Kier molecular flexibility index (Phi) is 3.59. The molecule has 1 aliphatic heterocycles. The maximum absolute atomic E-state index is 12.4. The highest BCUT2D eigenvalue weighted by molar-refractivity contribution is 5.99. The van der Waals surface area contributed by atoms with E-state index in [2.05, 4.69) is 5.32 Å². The van der Waals surface area contributed by atoms with Crippen molar-refractivity contribution in [3.05, 3.63) is 23.8 Å². The number of rotatable bonds is 2. The van der Waals surface area contributed by atoms with E-state index in [9.17, 15) is 9.59 Å². The van der Waals surface area contributed by atoms with Gasteiger partial charge in [0.1, 0.15) is 11.8 Å². The average molecular weight is 263 g/mol. The fraction of sp³-hybridized carbons (Fsp3) is 0.385. The number of piperazine rings is 1. The normalized spacial score (nSPS) is 18.9. The number of anilines is 1. The lowest BCUT2D eigenvalue weighted by molar-refractivity contribution is -0.127. The molecular weight excluding hydrogens is 246 g/mol. The molecule has 102 valence electrons. The van der Waals surface area contributed by atoms with Crippen LogP contribution < -0.4 is 15.8 Å². The summed E-state index contributed by atoms with van der Waals surface area (Å²) in [7, 11) is 1.52. The van der Waals surface area contributed by atoms with Gasteiger partial charge in [-0.2, -0.15) is 0 Å². The number of carbonyl (C=O) groups excluding carboxylic acids is 2. The van der Waals surface area contributed by atoms with E-state index in [1.165, 1.54) is 7.11 Å². The fourth-order valence-corrected chi connectivity index (χ4v) is 2.09. The van der Waals surface area contributed by atoms with Gasteiger partial charge in [0.05, 0.1) is 12.8 Å². The SMILES string of the molecule is COc1ccc(C(=O)N2CCNC(=O)C2C)cc1N. The molecule has 0 saturated carbocycles. The summed E-state index contributed by atoms with van der Waals surface area (Å²) in [6.45, 7) is 2.68. The largest absolute Gasteiger partial charge is 0.495 e. The Labute approximate surface area is 111 Å². The molecule has 1 atom stereocenters. The Morgan fingerprint density at radius 3 is 2.89 bits per heavy atom. The highest BCUT2D eigenvalue weighted by Gasteiger charge is 2.29. The summed E-state index contributed by atoms with van der Waals surface area (Å²) in [5.74, 6) is 0.193. The van der Waals surface area contributed by atoms with Crippen LogP contribution in [0, 0.1) is 0 Å².